The number of carbonyl (C=O) groups is 2. The molecule has 6 heteroatoms. The molecule has 1 aliphatic rings. The van der Waals surface area contributed by atoms with Gasteiger partial charge >= 0.3 is 6.03 Å². The summed E-state index contributed by atoms with van der Waals surface area (Å²) in [6.45, 7) is 1.61. The van der Waals surface area contributed by atoms with Gasteiger partial charge in [0.2, 0.25) is 5.91 Å². The van der Waals surface area contributed by atoms with Crippen LogP contribution in [0.2, 0.25) is 0 Å². The molecule has 0 atom stereocenters. The molecule has 0 bridgehead atoms. The first kappa shape index (κ1) is 17.0. The first-order valence-electron chi connectivity index (χ1n) is 8.52. The van der Waals surface area contributed by atoms with Gasteiger partial charge in [-0.25, -0.2) is 4.79 Å². The van der Waals surface area contributed by atoms with Crippen LogP contribution in [0.5, 0.6) is 0 Å². The van der Waals surface area contributed by atoms with Crippen molar-refractivity contribution < 1.29 is 9.59 Å². The van der Waals surface area contributed by atoms with Crippen molar-refractivity contribution in [2.45, 2.75) is 32.4 Å². The minimum atomic E-state index is -0.233. The van der Waals surface area contributed by atoms with Crippen molar-refractivity contribution in [3.63, 3.8) is 0 Å². The Morgan fingerprint density at radius 3 is 2.64 bits per heavy atom. The average molecular weight is 338 g/mol. The van der Waals surface area contributed by atoms with Gasteiger partial charge in [-0.05, 0) is 42.2 Å². The Kier molecular flexibility index (Phi) is 5.61. The topological polar surface area (TPSA) is 74.3 Å². The first-order chi connectivity index (χ1) is 12.2. The van der Waals surface area contributed by atoms with Crippen LogP contribution in [-0.4, -0.2) is 23.5 Å². The first-order valence-corrected chi connectivity index (χ1v) is 8.52. The van der Waals surface area contributed by atoms with Crippen molar-refractivity contribution in [3.8, 4) is 0 Å². The lowest BCUT2D eigenvalue weighted by Gasteiger charge is -2.27. The summed E-state index contributed by atoms with van der Waals surface area (Å²) in [5, 5.41) is 5.64. The maximum Gasteiger partial charge on any atom is 0.315 e. The maximum absolute atomic E-state index is 12.0. The van der Waals surface area contributed by atoms with Gasteiger partial charge in [0.15, 0.2) is 0 Å². The number of nitrogens with zero attached hydrogens (tertiary/aromatic N) is 2. The number of pyridine rings is 1. The second-order valence-corrected chi connectivity index (χ2v) is 6.07. The summed E-state index contributed by atoms with van der Waals surface area (Å²) < 4.78 is 0. The van der Waals surface area contributed by atoms with E-state index in [1.54, 1.807) is 12.4 Å². The molecule has 1 fully saturated rings. The van der Waals surface area contributed by atoms with Crippen molar-refractivity contribution in [1.29, 1.82) is 0 Å². The number of rotatable bonds is 5. The molecule has 3 rings (SSSR count). The summed E-state index contributed by atoms with van der Waals surface area (Å²) >= 11 is 0. The maximum atomic E-state index is 12.0. The van der Waals surface area contributed by atoms with Gasteiger partial charge in [0.1, 0.15) is 0 Å². The molecule has 3 amide bonds. The van der Waals surface area contributed by atoms with E-state index in [9.17, 15) is 9.59 Å². The molecule has 6 nitrogen and oxygen atoms in total. The third-order valence-electron chi connectivity index (χ3n) is 4.17. The van der Waals surface area contributed by atoms with E-state index in [-0.39, 0.29) is 11.9 Å². The summed E-state index contributed by atoms with van der Waals surface area (Å²) in [5.74, 6) is 0.172. The molecule has 25 heavy (non-hydrogen) atoms. The molecular weight excluding hydrogens is 316 g/mol. The number of anilines is 1. The van der Waals surface area contributed by atoms with Gasteiger partial charge in [-0.1, -0.05) is 18.2 Å². The molecule has 1 saturated heterocycles. The number of benzene rings is 1. The van der Waals surface area contributed by atoms with Gasteiger partial charge in [0.25, 0.3) is 0 Å². The molecule has 1 aliphatic heterocycles. The predicted octanol–water partition coefficient (Wildman–Crippen LogP) is 2.60. The Hall–Kier alpha value is -2.89. The van der Waals surface area contributed by atoms with Crippen molar-refractivity contribution in [1.82, 2.24) is 15.6 Å². The Morgan fingerprint density at radius 1 is 1.08 bits per heavy atom. The zero-order valence-electron chi connectivity index (χ0n) is 14.1. The number of urea groups is 1. The highest BCUT2D eigenvalue weighted by atomic mass is 16.2. The fraction of sp³-hybridized carbons (Fsp3) is 0.316. The molecular formula is C19H22N4O2. The molecule has 0 saturated carbocycles. The second kappa shape index (κ2) is 8.28. The normalized spacial score (nSPS) is 14.2. The Balaban J connectivity index is 1.52. The fourth-order valence-corrected chi connectivity index (χ4v) is 2.84. The molecule has 1 aromatic heterocycles. The number of hydrogen-bond donors (Lipinski definition) is 2. The summed E-state index contributed by atoms with van der Waals surface area (Å²) in [7, 11) is 0. The minimum absolute atomic E-state index is 0.172. The zero-order valence-corrected chi connectivity index (χ0v) is 14.1. The van der Waals surface area contributed by atoms with Gasteiger partial charge in [-0.2, -0.15) is 0 Å². The lowest BCUT2D eigenvalue weighted by molar-refractivity contribution is -0.119. The quantitative estimate of drug-likeness (QED) is 0.880. The highest BCUT2D eigenvalue weighted by molar-refractivity contribution is 5.94. The second-order valence-electron chi connectivity index (χ2n) is 6.07. The van der Waals surface area contributed by atoms with E-state index in [2.05, 4.69) is 15.6 Å². The highest BCUT2D eigenvalue weighted by Gasteiger charge is 2.19. The van der Waals surface area contributed by atoms with Crippen LogP contribution in [0.25, 0.3) is 0 Å². The molecule has 130 valence electrons. The Bertz CT molecular complexity index is 733. The lowest BCUT2D eigenvalue weighted by Crippen LogP contribution is -2.36. The number of carbonyl (C=O) groups excluding carboxylic acids is 2. The van der Waals surface area contributed by atoms with Gasteiger partial charge in [0, 0.05) is 44.1 Å². The number of nitrogens with one attached hydrogen (secondary N) is 2. The molecule has 2 aromatic rings. The van der Waals surface area contributed by atoms with Crippen LogP contribution in [0, 0.1) is 0 Å². The number of aromatic nitrogens is 1. The molecule has 0 spiro atoms. The molecule has 2 heterocycles. The van der Waals surface area contributed by atoms with Crippen LogP contribution >= 0.6 is 0 Å². The number of amides is 3. The van der Waals surface area contributed by atoms with Gasteiger partial charge in [-0.3, -0.25) is 9.78 Å². The largest absolute Gasteiger partial charge is 0.334 e. The van der Waals surface area contributed by atoms with Crippen molar-refractivity contribution in [2.75, 3.05) is 11.4 Å². The van der Waals surface area contributed by atoms with Crippen molar-refractivity contribution >= 4 is 17.6 Å². The molecule has 0 aliphatic carbocycles. The highest BCUT2D eigenvalue weighted by Crippen LogP contribution is 2.21. The fourth-order valence-electron chi connectivity index (χ4n) is 2.84. The molecule has 2 N–H and O–H groups in total. The minimum Gasteiger partial charge on any atom is -0.334 e. The van der Waals surface area contributed by atoms with E-state index >= 15 is 0 Å². The summed E-state index contributed by atoms with van der Waals surface area (Å²) in [5.41, 5.74) is 2.82. The van der Waals surface area contributed by atoms with Crippen LogP contribution in [0.15, 0.2) is 48.8 Å². The summed E-state index contributed by atoms with van der Waals surface area (Å²) in [6.07, 6.45) is 6.03. The Morgan fingerprint density at radius 2 is 1.88 bits per heavy atom. The smallest absolute Gasteiger partial charge is 0.315 e. The standard InChI is InChI=1S/C19H22N4O2/c24-18-8-1-2-10-23(18)17-7-3-5-15(11-17)13-21-19(25)22-14-16-6-4-9-20-12-16/h3-7,9,11-12H,1-2,8,10,13-14H2,(H2,21,22,25). The zero-order chi connectivity index (χ0) is 17.5. The van der Waals surface area contributed by atoms with E-state index in [4.69, 9.17) is 0 Å². The third kappa shape index (κ3) is 4.79. The predicted molar refractivity (Wildman–Crippen MR) is 96.0 cm³/mol. The summed E-state index contributed by atoms with van der Waals surface area (Å²) in [6, 6.07) is 11.3. The van der Waals surface area contributed by atoms with E-state index < -0.39 is 0 Å². The van der Waals surface area contributed by atoms with Crippen molar-refractivity contribution in [2.24, 2.45) is 0 Å². The Labute approximate surface area is 147 Å². The van der Waals surface area contributed by atoms with E-state index in [0.29, 0.717) is 19.5 Å². The van der Waals surface area contributed by atoms with E-state index in [1.807, 2.05) is 41.3 Å². The lowest BCUT2D eigenvalue weighted by atomic mass is 10.1. The van der Waals surface area contributed by atoms with Crippen molar-refractivity contribution in [3.05, 3.63) is 59.9 Å². The third-order valence-corrected chi connectivity index (χ3v) is 4.17. The number of hydrogen-bond acceptors (Lipinski definition) is 3. The van der Waals surface area contributed by atoms with Gasteiger partial charge in [0.05, 0.1) is 0 Å². The monoisotopic (exact) mass is 338 g/mol. The summed E-state index contributed by atoms with van der Waals surface area (Å²) in [4.78, 5) is 29.8. The SMILES string of the molecule is O=C(NCc1cccnc1)NCc1cccc(N2CCCCC2=O)c1. The van der Waals surface area contributed by atoms with E-state index in [0.717, 1.165) is 36.2 Å². The number of piperidine rings is 1. The molecule has 0 radical (unpaired) electrons. The van der Waals surface area contributed by atoms with Gasteiger partial charge in [-0.15, -0.1) is 0 Å². The van der Waals surface area contributed by atoms with Crippen LogP contribution in [-0.2, 0) is 17.9 Å². The van der Waals surface area contributed by atoms with Gasteiger partial charge < -0.3 is 15.5 Å². The van der Waals surface area contributed by atoms with Crippen LogP contribution in [0.1, 0.15) is 30.4 Å². The van der Waals surface area contributed by atoms with Crippen LogP contribution in [0.4, 0.5) is 10.5 Å². The van der Waals surface area contributed by atoms with Crippen LogP contribution in [0.3, 0.4) is 0 Å². The molecule has 0 unspecified atom stereocenters. The average Bonchev–Trinajstić information content (AvgIpc) is 2.66. The molecule has 1 aromatic carbocycles. The van der Waals surface area contributed by atoms with Crippen LogP contribution < -0.4 is 15.5 Å². The van der Waals surface area contributed by atoms with E-state index in [1.165, 1.54) is 0 Å².